The third kappa shape index (κ3) is 13.7. The summed E-state index contributed by atoms with van der Waals surface area (Å²) in [5, 5.41) is 24.6. The van der Waals surface area contributed by atoms with Gasteiger partial charge in [-0.2, -0.15) is 5.10 Å². The maximum absolute atomic E-state index is 14.7. The van der Waals surface area contributed by atoms with Gasteiger partial charge in [-0.25, -0.2) is 0 Å². The van der Waals surface area contributed by atoms with Crippen molar-refractivity contribution in [3.8, 4) is 0 Å². The zero-order valence-electron chi connectivity index (χ0n) is 43.2. The number of ketones is 2. The van der Waals surface area contributed by atoms with E-state index >= 15 is 0 Å². The molecule has 3 heterocycles. The van der Waals surface area contributed by atoms with Crippen molar-refractivity contribution in [2.24, 2.45) is 11.8 Å². The molecule has 0 bridgehead atoms. The number of carbonyl (C=O) groups excluding carboxylic acids is 8. The molecule has 4 aromatic carbocycles. The highest BCUT2D eigenvalue weighted by molar-refractivity contribution is 6.00. The van der Waals surface area contributed by atoms with Gasteiger partial charge in [0.1, 0.15) is 35.6 Å². The number of nitrogens with zero attached hydrogens (tertiary/aromatic N) is 3. The van der Waals surface area contributed by atoms with Gasteiger partial charge in [0.25, 0.3) is 0 Å². The predicted molar refractivity (Wildman–Crippen MR) is 281 cm³/mol. The zero-order chi connectivity index (χ0) is 53.8. The van der Waals surface area contributed by atoms with Gasteiger partial charge in [0.05, 0.1) is 24.2 Å². The molecule has 2 aliphatic heterocycles. The van der Waals surface area contributed by atoms with E-state index in [4.69, 9.17) is 0 Å². The van der Waals surface area contributed by atoms with Gasteiger partial charge in [0.2, 0.25) is 35.4 Å². The molecule has 394 valence electrons. The molecule has 7 rings (SSSR count). The van der Waals surface area contributed by atoms with Crippen LogP contribution in [0.15, 0.2) is 127 Å². The molecule has 2 fully saturated rings. The Morgan fingerprint density at radius 1 is 0.520 bits per heavy atom. The van der Waals surface area contributed by atoms with Gasteiger partial charge < -0.3 is 41.7 Å². The van der Waals surface area contributed by atoms with Crippen LogP contribution in [0.1, 0.15) is 121 Å². The summed E-state index contributed by atoms with van der Waals surface area (Å²) < 4.78 is 0. The number of amides is 6. The van der Waals surface area contributed by atoms with Crippen LogP contribution in [0.3, 0.4) is 0 Å². The largest absolute Gasteiger partial charge is 0.348 e. The molecule has 2 saturated heterocycles. The summed E-state index contributed by atoms with van der Waals surface area (Å²) in [6.45, 7) is 7.09. The highest BCUT2D eigenvalue weighted by Crippen LogP contribution is 2.33. The molecule has 0 saturated carbocycles. The molecule has 6 amide bonds. The molecule has 10 atom stereocenters. The second-order valence-corrected chi connectivity index (χ2v) is 19.6. The van der Waals surface area contributed by atoms with Crippen LogP contribution in [-0.4, -0.2) is 118 Å². The number of likely N-dealkylation sites (N-methyl/N-ethyl adjacent to an activating group) is 2. The normalized spacial score (nSPS) is 19.7. The number of hydrogen-bond acceptors (Lipinski definition) is 11. The van der Waals surface area contributed by atoms with Crippen molar-refractivity contribution in [2.45, 2.75) is 102 Å². The van der Waals surface area contributed by atoms with Gasteiger partial charge >= 0.3 is 0 Å². The SMILES string of the molecule is CN[C@@H](C)C(=O)N[C@H](C(=O)N1C[C@@H](CC(=O)c2cc(C(=O)C[C@H]3C[C@@H](C(=O)N[C@H](C)c4ccccc4)N(C(=O)[C@@H](NC(=O)[C@H](C)NC)c4ccccc4)C3)[nH]n2)C[C@H]1C(=O)N[C@H](C)c1ccccc1)c1ccccc1. The van der Waals surface area contributed by atoms with E-state index in [0.29, 0.717) is 11.1 Å². The molecule has 0 unspecified atom stereocenters. The first-order chi connectivity index (χ1) is 36.1. The third-order valence-electron chi connectivity index (χ3n) is 14.4. The number of aromatic nitrogens is 2. The predicted octanol–water partition coefficient (Wildman–Crippen LogP) is 4.68. The van der Waals surface area contributed by atoms with Crippen molar-refractivity contribution in [3.63, 3.8) is 0 Å². The minimum Gasteiger partial charge on any atom is -0.348 e. The van der Waals surface area contributed by atoms with Crippen LogP contribution in [0.4, 0.5) is 0 Å². The van der Waals surface area contributed by atoms with Crippen molar-refractivity contribution in [3.05, 3.63) is 161 Å². The Morgan fingerprint density at radius 3 is 1.25 bits per heavy atom. The van der Waals surface area contributed by atoms with Gasteiger partial charge in [-0.15, -0.1) is 0 Å². The molecule has 0 aliphatic carbocycles. The molecule has 0 spiro atoms. The Bertz CT molecular complexity index is 2610. The molecular weight excluding hydrogens is 953 g/mol. The molecule has 18 heteroatoms. The Balaban J connectivity index is 1.08. The summed E-state index contributed by atoms with van der Waals surface area (Å²) >= 11 is 0. The highest BCUT2D eigenvalue weighted by atomic mass is 16.2. The van der Waals surface area contributed by atoms with E-state index in [-0.39, 0.29) is 50.2 Å². The van der Waals surface area contributed by atoms with Gasteiger partial charge in [-0.1, -0.05) is 121 Å². The summed E-state index contributed by atoms with van der Waals surface area (Å²) in [4.78, 5) is 115. The maximum Gasteiger partial charge on any atom is 0.250 e. The smallest absolute Gasteiger partial charge is 0.250 e. The second kappa shape index (κ2) is 25.4. The number of likely N-dealkylation sites (tertiary alicyclic amines) is 2. The van der Waals surface area contributed by atoms with Gasteiger partial charge in [0.15, 0.2) is 11.6 Å². The summed E-state index contributed by atoms with van der Waals surface area (Å²) in [5.74, 6) is -4.45. The van der Waals surface area contributed by atoms with Crippen LogP contribution in [0.5, 0.6) is 0 Å². The first-order valence-corrected chi connectivity index (χ1v) is 25.5. The number of carbonyl (C=O) groups is 8. The fourth-order valence-corrected chi connectivity index (χ4v) is 9.74. The lowest BCUT2D eigenvalue weighted by Crippen LogP contribution is -2.52. The fourth-order valence-electron chi connectivity index (χ4n) is 9.74. The lowest BCUT2D eigenvalue weighted by Gasteiger charge is -2.30. The quantitative estimate of drug-likeness (QED) is 0.0470. The maximum atomic E-state index is 14.7. The second-order valence-electron chi connectivity index (χ2n) is 19.6. The van der Waals surface area contributed by atoms with Crippen LogP contribution < -0.4 is 31.9 Å². The van der Waals surface area contributed by atoms with E-state index < -0.39 is 107 Å². The van der Waals surface area contributed by atoms with Crippen LogP contribution in [0.25, 0.3) is 0 Å². The number of hydrogen-bond donors (Lipinski definition) is 7. The van der Waals surface area contributed by atoms with Crippen LogP contribution >= 0.6 is 0 Å². The number of nitrogens with one attached hydrogen (secondary N) is 7. The summed E-state index contributed by atoms with van der Waals surface area (Å²) in [5.41, 5.74) is 2.83. The van der Waals surface area contributed by atoms with E-state index in [9.17, 15) is 38.4 Å². The standard InChI is InChI=1S/C57H68N10O8/c1-34(40-19-11-7-12-20-40)60-54(72)46-27-38(32-66(46)56(74)50(42-23-15-9-16-24-42)62-52(70)36(3)58-5)29-48(68)44-31-45(65-64-44)49(69)30-39-28-47(55(73)61-35(2)41-21-13-8-14-22-41)67(33-39)57(75)51(43-25-17-10-18-26-43)63-53(71)37(4)59-6/h7-26,31,34-39,46-47,50-51,58-59H,27-30,32-33H2,1-6H3,(H,60,72)(H,61,73)(H,62,70)(H,63,71)(H,64,65)/t34-,35-,36+,37+,38-,39-,46+,47+,50+,51+/m1/s1. The van der Waals surface area contributed by atoms with Gasteiger partial charge in [-0.05, 0) is 94.8 Å². The van der Waals surface area contributed by atoms with Crippen molar-refractivity contribution in [1.29, 1.82) is 0 Å². The van der Waals surface area contributed by atoms with Gasteiger partial charge in [0, 0.05) is 25.9 Å². The van der Waals surface area contributed by atoms with Crippen molar-refractivity contribution >= 4 is 47.0 Å². The monoisotopic (exact) mass is 1020 g/mol. The Kier molecular flexibility index (Phi) is 18.6. The summed E-state index contributed by atoms with van der Waals surface area (Å²) in [7, 11) is 3.27. The van der Waals surface area contributed by atoms with E-state index in [0.717, 1.165) is 11.1 Å². The molecule has 18 nitrogen and oxygen atoms in total. The first-order valence-electron chi connectivity index (χ1n) is 25.5. The average molecular weight is 1020 g/mol. The average Bonchev–Trinajstić information content (AvgIpc) is 4.22. The lowest BCUT2D eigenvalue weighted by atomic mass is 9.96. The summed E-state index contributed by atoms with van der Waals surface area (Å²) in [6.07, 6.45) is 0.0825. The minimum absolute atomic E-state index is 0.00933. The van der Waals surface area contributed by atoms with Crippen LogP contribution in [-0.2, 0) is 28.8 Å². The first kappa shape index (κ1) is 54.9. The highest BCUT2D eigenvalue weighted by Gasteiger charge is 2.45. The van der Waals surface area contributed by atoms with Crippen molar-refractivity contribution in [2.75, 3.05) is 27.2 Å². The van der Waals surface area contributed by atoms with Crippen molar-refractivity contribution < 1.29 is 38.4 Å². The molecule has 2 aliphatic rings. The third-order valence-corrected chi connectivity index (χ3v) is 14.4. The Morgan fingerprint density at radius 2 is 0.880 bits per heavy atom. The van der Waals surface area contributed by atoms with Crippen LogP contribution in [0.2, 0.25) is 0 Å². The molecule has 5 aromatic rings. The summed E-state index contributed by atoms with van der Waals surface area (Å²) in [6, 6.07) is 31.5. The molecule has 1 aromatic heterocycles. The number of aromatic amines is 1. The van der Waals surface area contributed by atoms with Gasteiger partial charge in [-0.3, -0.25) is 43.5 Å². The number of H-pyrrole nitrogens is 1. The number of Topliss-reactive ketones (excluding diaryl/α,β-unsaturated/α-hetero) is 2. The van der Waals surface area contributed by atoms with Crippen molar-refractivity contribution in [1.82, 2.24) is 51.9 Å². The Hall–Kier alpha value is -7.83. The molecular formula is C57H68N10O8. The van der Waals surface area contributed by atoms with E-state index in [1.54, 1.807) is 88.6 Å². The fraction of sp³-hybridized carbons (Fsp3) is 0.386. The van der Waals surface area contributed by atoms with E-state index in [1.807, 2.05) is 74.5 Å². The van der Waals surface area contributed by atoms with E-state index in [2.05, 4.69) is 42.1 Å². The minimum atomic E-state index is -1.13. The molecule has 75 heavy (non-hydrogen) atoms. The zero-order valence-corrected chi connectivity index (χ0v) is 43.2. The lowest BCUT2D eigenvalue weighted by molar-refractivity contribution is -0.142. The van der Waals surface area contributed by atoms with E-state index in [1.165, 1.54) is 15.9 Å². The molecule has 7 N–H and O–H groups in total. The number of rotatable bonds is 22. The van der Waals surface area contributed by atoms with Crippen LogP contribution in [0, 0.1) is 11.8 Å². The number of benzene rings is 4. The molecule has 0 radical (unpaired) electrons. The topological polar surface area (TPSA) is 244 Å². The Labute approximate surface area is 437 Å².